The van der Waals surface area contributed by atoms with Crippen LogP contribution in [-0.4, -0.2) is 50.0 Å². The highest BCUT2D eigenvalue weighted by atomic mass is 32.2. The monoisotopic (exact) mass is 438 g/mol. The lowest BCUT2D eigenvalue weighted by Crippen LogP contribution is -2.38. The Bertz CT molecular complexity index is 529. The topological polar surface area (TPSA) is 36.9 Å². The summed E-state index contributed by atoms with van der Waals surface area (Å²) < 4.78 is 24.1. The van der Waals surface area contributed by atoms with E-state index in [1.807, 2.05) is 0 Å². The van der Waals surface area contributed by atoms with Crippen LogP contribution in [0.3, 0.4) is 0 Å². The second-order valence-corrected chi connectivity index (χ2v) is 11.6. The number of allylic oxidation sites excluding steroid dienone is 2. The van der Waals surface area contributed by atoms with Crippen LogP contribution in [0.1, 0.15) is 71.6 Å². The Balaban J connectivity index is 1.05. The number of ether oxygens (including phenoxy) is 4. The standard InChI is InChI=1S/C25H42O4S/c1-18-3-9-22(10-4-18)23-15-28-25(29-16-23)12-11-24-26-13-21(14-27-24)8-7-20-6-5-19(2)30-17-20/h3,19-25H,4-17H2,1-2H3. The van der Waals surface area contributed by atoms with Crippen molar-refractivity contribution in [3.8, 4) is 0 Å². The third-order valence-corrected chi connectivity index (χ3v) is 9.06. The molecule has 3 aliphatic heterocycles. The molecule has 3 fully saturated rings. The van der Waals surface area contributed by atoms with Crippen LogP contribution in [0.25, 0.3) is 0 Å². The van der Waals surface area contributed by atoms with Crippen molar-refractivity contribution in [2.45, 2.75) is 89.5 Å². The molecule has 0 radical (unpaired) electrons. The van der Waals surface area contributed by atoms with Gasteiger partial charge in [0.2, 0.25) is 0 Å². The minimum atomic E-state index is -0.0850. The van der Waals surface area contributed by atoms with Crippen LogP contribution in [-0.2, 0) is 18.9 Å². The van der Waals surface area contributed by atoms with E-state index >= 15 is 0 Å². The minimum absolute atomic E-state index is 0.0799. The molecule has 0 amide bonds. The summed E-state index contributed by atoms with van der Waals surface area (Å²) in [6.07, 6.45) is 13.1. The summed E-state index contributed by atoms with van der Waals surface area (Å²) in [6.45, 7) is 7.99. The second-order valence-electron chi connectivity index (χ2n) is 10.1. The van der Waals surface area contributed by atoms with Gasteiger partial charge in [0.1, 0.15) is 0 Å². The van der Waals surface area contributed by atoms with Crippen molar-refractivity contribution in [1.29, 1.82) is 0 Å². The molecule has 3 saturated heterocycles. The molecule has 30 heavy (non-hydrogen) atoms. The molecule has 0 spiro atoms. The van der Waals surface area contributed by atoms with Gasteiger partial charge in [-0.2, -0.15) is 11.8 Å². The molecule has 172 valence electrons. The van der Waals surface area contributed by atoms with Crippen LogP contribution in [0.5, 0.6) is 0 Å². The lowest BCUT2D eigenvalue weighted by atomic mass is 9.81. The van der Waals surface area contributed by atoms with Crippen molar-refractivity contribution in [2.75, 3.05) is 32.2 Å². The summed E-state index contributed by atoms with van der Waals surface area (Å²) in [5.74, 6) is 4.10. The van der Waals surface area contributed by atoms with E-state index in [1.165, 1.54) is 50.7 Å². The SMILES string of the molecule is CC1=CCC(C2COC(CCC3OCC(CCC4CCC(C)SC4)CO3)OC2)CC1. The maximum absolute atomic E-state index is 6.04. The molecule has 0 N–H and O–H groups in total. The fourth-order valence-corrected chi connectivity index (χ4v) is 6.47. The summed E-state index contributed by atoms with van der Waals surface area (Å²) in [5, 5.41) is 0.861. The zero-order chi connectivity index (χ0) is 20.8. The van der Waals surface area contributed by atoms with Gasteiger partial charge in [0.05, 0.1) is 26.4 Å². The molecule has 3 atom stereocenters. The molecule has 0 aromatic heterocycles. The summed E-state index contributed by atoms with van der Waals surface area (Å²) in [4.78, 5) is 0. The van der Waals surface area contributed by atoms with Gasteiger partial charge in [0.15, 0.2) is 12.6 Å². The van der Waals surface area contributed by atoms with Crippen LogP contribution in [0.2, 0.25) is 0 Å². The molecule has 4 aliphatic rings. The zero-order valence-electron chi connectivity index (χ0n) is 19.1. The number of hydrogen-bond acceptors (Lipinski definition) is 5. The Labute approximate surface area is 187 Å². The maximum Gasteiger partial charge on any atom is 0.157 e. The summed E-state index contributed by atoms with van der Waals surface area (Å²) in [6, 6.07) is 0. The minimum Gasteiger partial charge on any atom is -0.352 e. The lowest BCUT2D eigenvalue weighted by Gasteiger charge is -2.36. The Morgan fingerprint density at radius 2 is 1.47 bits per heavy atom. The van der Waals surface area contributed by atoms with Crippen LogP contribution < -0.4 is 0 Å². The molecule has 0 aromatic carbocycles. The second kappa shape index (κ2) is 11.7. The number of rotatable bonds is 7. The quantitative estimate of drug-likeness (QED) is 0.469. The zero-order valence-corrected chi connectivity index (χ0v) is 19.9. The molecule has 3 unspecified atom stereocenters. The average molecular weight is 439 g/mol. The van der Waals surface area contributed by atoms with Gasteiger partial charge in [-0.1, -0.05) is 18.6 Å². The maximum atomic E-state index is 6.04. The van der Waals surface area contributed by atoms with E-state index in [1.54, 1.807) is 5.57 Å². The van der Waals surface area contributed by atoms with Crippen LogP contribution in [0, 0.1) is 23.7 Å². The fraction of sp³-hybridized carbons (Fsp3) is 0.920. The molecular weight excluding hydrogens is 396 g/mol. The summed E-state index contributed by atoms with van der Waals surface area (Å²) in [5.41, 5.74) is 1.54. The van der Waals surface area contributed by atoms with Crippen molar-refractivity contribution in [3.63, 3.8) is 0 Å². The number of thioether (sulfide) groups is 1. The largest absolute Gasteiger partial charge is 0.352 e. The van der Waals surface area contributed by atoms with Crippen molar-refractivity contribution < 1.29 is 18.9 Å². The van der Waals surface area contributed by atoms with Gasteiger partial charge >= 0.3 is 0 Å². The molecular formula is C25H42O4S. The molecule has 0 bridgehead atoms. The predicted octanol–water partition coefficient (Wildman–Crippen LogP) is 5.80. The first kappa shape index (κ1) is 23.1. The molecule has 1 aliphatic carbocycles. The van der Waals surface area contributed by atoms with Gasteiger partial charge < -0.3 is 18.9 Å². The van der Waals surface area contributed by atoms with Gasteiger partial charge in [0.25, 0.3) is 0 Å². The Morgan fingerprint density at radius 1 is 0.800 bits per heavy atom. The van der Waals surface area contributed by atoms with Gasteiger partial charge in [0, 0.05) is 29.9 Å². The summed E-state index contributed by atoms with van der Waals surface area (Å²) >= 11 is 2.15. The van der Waals surface area contributed by atoms with Crippen LogP contribution in [0.4, 0.5) is 0 Å². The molecule has 0 saturated carbocycles. The molecule has 4 rings (SSSR count). The third-order valence-electron chi connectivity index (χ3n) is 7.59. The van der Waals surface area contributed by atoms with Crippen LogP contribution in [0.15, 0.2) is 11.6 Å². The van der Waals surface area contributed by atoms with Gasteiger partial charge in [-0.3, -0.25) is 0 Å². The van der Waals surface area contributed by atoms with Gasteiger partial charge in [-0.25, -0.2) is 0 Å². The van der Waals surface area contributed by atoms with E-state index in [0.717, 1.165) is 56.4 Å². The molecule has 0 aromatic rings. The van der Waals surface area contributed by atoms with Crippen molar-refractivity contribution in [1.82, 2.24) is 0 Å². The predicted molar refractivity (Wildman–Crippen MR) is 123 cm³/mol. The highest BCUT2D eigenvalue weighted by Gasteiger charge is 2.31. The van der Waals surface area contributed by atoms with E-state index in [2.05, 4.69) is 31.7 Å². The highest BCUT2D eigenvalue weighted by molar-refractivity contribution is 7.99. The first-order valence-corrected chi connectivity index (χ1v) is 13.4. The Morgan fingerprint density at radius 3 is 2.07 bits per heavy atom. The summed E-state index contributed by atoms with van der Waals surface area (Å²) in [7, 11) is 0. The van der Waals surface area contributed by atoms with E-state index in [0.29, 0.717) is 11.8 Å². The average Bonchev–Trinajstić information content (AvgIpc) is 2.79. The van der Waals surface area contributed by atoms with Crippen molar-refractivity contribution >= 4 is 11.8 Å². The van der Waals surface area contributed by atoms with E-state index < -0.39 is 0 Å². The molecule has 4 nitrogen and oxygen atoms in total. The van der Waals surface area contributed by atoms with E-state index in [-0.39, 0.29) is 12.6 Å². The van der Waals surface area contributed by atoms with Crippen molar-refractivity contribution in [2.24, 2.45) is 23.7 Å². The lowest BCUT2D eigenvalue weighted by molar-refractivity contribution is -0.234. The molecule has 3 heterocycles. The van der Waals surface area contributed by atoms with Crippen LogP contribution >= 0.6 is 11.8 Å². The third kappa shape index (κ3) is 6.96. The van der Waals surface area contributed by atoms with E-state index in [9.17, 15) is 0 Å². The first-order valence-electron chi connectivity index (χ1n) is 12.4. The first-order chi connectivity index (χ1) is 14.7. The smallest absolute Gasteiger partial charge is 0.157 e. The van der Waals surface area contributed by atoms with Gasteiger partial charge in [-0.15, -0.1) is 0 Å². The number of hydrogen-bond donors (Lipinski definition) is 0. The molecule has 5 heteroatoms. The van der Waals surface area contributed by atoms with E-state index in [4.69, 9.17) is 18.9 Å². The Kier molecular flexibility index (Phi) is 9.00. The highest BCUT2D eigenvalue weighted by Crippen LogP contribution is 2.34. The van der Waals surface area contributed by atoms with Gasteiger partial charge in [-0.05, 0) is 69.5 Å². The Hall–Kier alpha value is -0.0700. The normalized spacial score (nSPS) is 40.7. The van der Waals surface area contributed by atoms with Crippen molar-refractivity contribution in [3.05, 3.63) is 11.6 Å². The fourth-order valence-electron chi connectivity index (χ4n) is 5.24.